The van der Waals surface area contributed by atoms with Crippen LogP contribution in [0, 0.1) is 0 Å². The predicted octanol–water partition coefficient (Wildman–Crippen LogP) is 1.69. The van der Waals surface area contributed by atoms with Crippen molar-refractivity contribution < 1.29 is 0 Å². The van der Waals surface area contributed by atoms with Crippen LogP contribution in [-0.4, -0.2) is 14.6 Å². The monoisotopic (exact) mass is 222 g/mol. The zero-order chi connectivity index (χ0) is 10.4. The maximum Gasteiger partial charge on any atom is 0.216 e. The molecular weight excluding hydrogens is 208 g/mol. The summed E-state index contributed by atoms with van der Waals surface area (Å²) in [6, 6.07) is -0.0411. The minimum atomic E-state index is -0.0411. The second-order valence-corrected chi connectivity index (χ2v) is 5.21. The molecule has 0 saturated heterocycles. The van der Waals surface area contributed by atoms with E-state index in [-0.39, 0.29) is 6.04 Å². The minimum Gasteiger partial charge on any atom is -0.322 e. The number of hydrogen-bond donors (Lipinski definition) is 1. The second kappa shape index (κ2) is 3.28. The molecule has 5 heteroatoms. The Morgan fingerprint density at radius 2 is 2.13 bits per heavy atom. The van der Waals surface area contributed by atoms with E-state index < -0.39 is 0 Å². The zero-order valence-electron chi connectivity index (χ0n) is 8.73. The first kappa shape index (κ1) is 9.30. The highest BCUT2D eigenvalue weighted by molar-refractivity contribution is 7.17. The van der Waals surface area contributed by atoms with Gasteiger partial charge in [0.15, 0.2) is 5.82 Å². The highest BCUT2D eigenvalue weighted by Crippen LogP contribution is 2.30. The average Bonchev–Trinajstić information content (AvgIpc) is 2.74. The number of hydrogen-bond acceptors (Lipinski definition) is 4. The quantitative estimate of drug-likeness (QED) is 0.798. The largest absolute Gasteiger partial charge is 0.322 e. The molecule has 1 aliphatic carbocycles. The molecule has 1 aliphatic rings. The van der Waals surface area contributed by atoms with Crippen LogP contribution >= 0.6 is 11.3 Å². The maximum absolute atomic E-state index is 5.90. The number of thiazole rings is 1. The first-order valence-electron chi connectivity index (χ1n) is 5.38. The van der Waals surface area contributed by atoms with Crippen LogP contribution in [0.5, 0.6) is 0 Å². The van der Waals surface area contributed by atoms with E-state index in [2.05, 4.69) is 14.6 Å². The van der Waals surface area contributed by atoms with Crippen molar-refractivity contribution in [3.8, 4) is 0 Å². The molecule has 0 aromatic carbocycles. The van der Waals surface area contributed by atoms with E-state index in [1.165, 1.54) is 29.8 Å². The van der Waals surface area contributed by atoms with Crippen LogP contribution in [-0.2, 0) is 12.8 Å². The summed E-state index contributed by atoms with van der Waals surface area (Å²) < 4.78 is 2.17. The fraction of sp³-hybridized carbons (Fsp3) is 0.600. The fourth-order valence-corrected chi connectivity index (χ4v) is 3.37. The topological polar surface area (TPSA) is 56.2 Å². The molecule has 4 nitrogen and oxygen atoms in total. The highest BCUT2D eigenvalue weighted by Gasteiger charge is 2.21. The van der Waals surface area contributed by atoms with Gasteiger partial charge in [0.1, 0.15) is 0 Å². The van der Waals surface area contributed by atoms with E-state index in [9.17, 15) is 0 Å². The summed E-state index contributed by atoms with van der Waals surface area (Å²) in [5, 5.41) is 8.36. The van der Waals surface area contributed by atoms with Crippen molar-refractivity contribution in [3.63, 3.8) is 0 Å². The Labute approximate surface area is 92.1 Å². The third-order valence-corrected chi connectivity index (χ3v) is 4.07. The van der Waals surface area contributed by atoms with Gasteiger partial charge in [0.25, 0.3) is 0 Å². The third kappa shape index (κ3) is 1.30. The molecule has 0 radical (unpaired) electrons. The summed E-state index contributed by atoms with van der Waals surface area (Å²) in [4.78, 5) is 2.49. The van der Waals surface area contributed by atoms with Crippen molar-refractivity contribution in [3.05, 3.63) is 16.4 Å². The van der Waals surface area contributed by atoms with Crippen LogP contribution in [0.4, 0.5) is 0 Å². The van der Waals surface area contributed by atoms with Gasteiger partial charge in [-0.25, -0.2) is 0 Å². The summed E-state index contributed by atoms with van der Waals surface area (Å²) >= 11 is 1.77. The van der Waals surface area contributed by atoms with Crippen LogP contribution in [0.2, 0.25) is 0 Å². The molecule has 0 bridgehead atoms. The Morgan fingerprint density at radius 3 is 2.93 bits per heavy atom. The number of rotatable bonds is 1. The van der Waals surface area contributed by atoms with Gasteiger partial charge < -0.3 is 5.73 Å². The molecule has 0 spiro atoms. The van der Waals surface area contributed by atoms with Crippen molar-refractivity contribution in [1.82, 2.24) is 14.6 Å². The molecule has 1 atom stereocenters. The molecular formula is C10H14N4S. The molecule has 1 unspecified atom stereocenters. The Morgan fingerprint density at radius 1 is 1.33 bits per heavy atom. The van der Waals surface area contributed by atoms with E-state index in [0.717, 1.165) is 17.2 Å². The van der Waals surface area contributed by atoms with Gasteiger partial charge in [-0.15, -0.1) is 10.2 Å². The lowest BCUT2D eigenvalue weighted by atomic mass is 10.0. The van der Waals surface area contributed by atoms with E-state index in [1.807, 2.05) is 6.92 Å². The van der Waals surface area contributed by atoms with Crippen molar-refractivity contribution in [2.24, 2.45) is 5.73 Å². The number of aromatic nitrogens is 3. The predicted molar refractivity (Wildman–Crippen MR) is 60.1 cm³/mol. The van der Waals surface area contributed by atoms with Crippen molar-refractivity contribution in [1.29, 1.82) is 0 Å². The molecule has 2 N–H and O–H groups in total. The first-order valence-corrected chi connectivity index (χ1v) is 6.20. The molecule has 2 aromatic heterocycles. The summed E-state index contributed by atoms with van der Waals surface area (Å²) in [6.07, 6.45) is 4.92. The number of nitrogens with zero attached hydrogens (tertiary/aromatic N) is 3. The highest BCUT2D eigenvalue weighted by atomic mass is 32.1. The van der Waals surface area contributed by atoms with E-state index in [0.29, 0.717) is 0 Å². The van der Waals surface area contributed by atoms with Crippen LogP contribution < -0.4 is 5.73 Å². The molecule has 0 fully saturated rings. The summed E-state index contributed by atoms with van der Waals surface area (Å²) in [5.74, 6) is 0.907. The summed E-state index contributed by atoms with van der Waals surface area (Å²) in [7, 11) is 0. The van der Waals surface area contributed by atoms with Gasteiger partial charge in [-0.05, 0) is 32.6 Å². The number of aryl methyl sites for hydroxylation is 2. The number of nitrogens with two attached hydrogens (primary N) is 1. The van der Waals surface area contributed by atoms with E-state index in [1.54, 1.807) is 11.3 Å². The van der Waals surface area contributed by atoms with Gasteiger partial charge in [0.05, 0.1) is 6.04 Å². The molecule has 80 valence electrons. The van der Waals surface area contributed by atoms with Crippen LogP contribution in [0.1, 0.15) is 42.2 Å². The lowest BCUT2D eigenvalue weighted by Crippen LogP contribution is -2.12. The van der Waals surface area contributed by atoms with Crippen molar-refractivity contribution >= 4 is 16.3 Å². The molecule has 15 heavy (non-hydrogen) atoms. The number of fused-ring (bicyclic) bond motifs is 3. The van der Waals surface area contributed by atoms with Crippen LogP contribution in [0.15, 0.2) is 0 Å². The molecule has 3 rings (SSSR count). The van der Waals surface area contributed by atoms with Gasteiger partial charge in [0, 0.05) is 10.6 Å². The normalized spacial score (nSPS) is 18.0. The Bertz CT molecular complexity index is 497. The fourth-order valence-electron chi connectivity index (χ4n) is 2.21. The maximum atomic E-state index is 5.90. The summed E-state index contributed by atoms with van der Waals surface area (Å²) in [5.41, 5.74) is 7.30. The molecule has 0 saturated carbocycles. The molecule has 2 heterocycles. The lowest BCUT2D eigenvalue weighted by Gasteiger charge is -2.11. The smallest absolute Gasteiger partial charge is 0.216 e. The van der Waals surface area contributed by atoms with Gasteiger partial charge in [-0.3, -0.25) is 4.40 Å². The van der Waals surface area contributed by atoms with Gasteiger partial charge in [-0.2, -0.15) is 0 Å². The van der Waals surface area contributed by atoms with Crippen LogP contribution in [0.25, 0.3) is 4.96 Å². The second-order valence-electron chi connectivity index (χ2n) is 4.14. The lowest BCUT2D eigenvalue weighted by molar-refractivity contribution is 0.652. The van der Waals surface area contributed by atoms with Gasteiger partial charge in [0.2, 0.25) is 4.96 Å². The average molecular weight is 222 g/mol. The zero-order valence-corrected chi connectivity index (χ0v) is 9.55. The first-order chi connectivity index (χ1) is 7.27. The van der Waals surface area contributed by atoms with Crippen molar-refractivity contribution in [2.75, 3.05) is 0 Å². The molecule has 0 aliphatic heterocycles. The molecule has 0 amide bonds. The minimum absolute atomic E-state index is 0.0411. The summed E-state index contributed by atoms with van der Waals surface area (Å²) in [6.45, 7) is 1.96. The van der Waals surface area contributed by atoms with Gasteiger partial charge in [-0.1, -0.05) is 11.3 Å². The third-order valence-electron chi connectivity index (χ3n) is 2.94. The van der Waals surface area contributed by atoms with E-state index in [4.69, 9.17) is 5.73 Å². The van der Waals surface area contributed by atoms with Crippen molar-refractivity contribution in [2.45, 2.75) is 38.6 Å². The SMILES string of the molecule is CC(N)c1nnc2sc3c(n12)CCCC3. The van der Waals surface area contributed by atoms with E-state index >= 15 is 0 Å². The Kier molecular flexibility index (Phi) is 2.03. The Balaban J connectivity index is 2.27. The van der Waals surface area contributed by atoms with Gasteiger partial charge >= 0.3 is 0 Å². The van der Waals surface area contributed by atoms with Crippen LogP contribution in [0.3, 0.4) is 0 Å². The standard InChI is InChI=1S/C10H14N4S/c1-6(11)9-12-13-10-14(9)7-4-2-3-5-8(7)15-10/h6H,2-5,11H2,1H3. The Hall–Kier alpha value is -0.940. The molecule has 2 aromatic rings.